The van der Waals surface area contributed by atoms with Crippen molar-refractivity contribution in [3.63, 3.8) is 0 Å². The average Bonchev–Trinajstić information content (AvgIpc) is 3.34. The molecule has 0 bridgehead atoms. The minimum absolute atomic E-state index is 0.0550. The van der Waals surface area contributed by atoms with Crippen LogP contribution in [0.1, 0.15) is 30.0 Å². The molecular formula is C18H17N3O3S. The summed E-state index contributed by atoms with van der Waals surface area (Å²) in [4.78, 5) is 24.9. The van der Waals surface area contributed by atoms with Crippen LogP contribution in [0.3, 0.4) is 0 Å². The zero-order valence-corrected chi connectivity index (χ0v) is 14.3. The number of nitrogens with zero attached hydrogens (tertiary/aromatic N) is 2. The SMILES string of the molecule is O=C(CCn1nc(-c2cccs2)oc1=O)N[C@@H]1CCc2ccccc21. The fourth-order valence-electron chi connectivity index (χ4n) is 3.13. The van der Waals surface area contributed by atoms with Crippen molar-refractivity contribution in [2.75, 3.05) is 0 Å². The molecule has 0 saturated heterocycles. The molecule has 7 heteroatoms. The van der Waals surface area contributed by atoms with E-state index in [4.69, 9.17) is 4.42 Å². The highest BCUT2D eigenvalue weighted by Crippen LogP contribution is 2.30. The molecule has 2 aromatic heterocycles. The van der Waals surface area contributed by atoms with Crippen LogP contribution in [0.25, 0.3) is 10.8 Å². The fraction of sp³-hybridized carbons (Fsp3) is 0.278. The first kappa shape index (κ1) is 15.8. The van der Waals surface area contributed by atoms with Gasteiger partial charge >= 0.3 is 5.76 Å². The summed E-state index contributed by atoms with van der Waals surface area (Å²) in [6.07, 6.45) is 2.08. The lowest BCUT2D eigenvalue weighted by Crippen LogP contribution is -2.29. The molecule has 0 aliphatic heterocycles. The van der Waals surface area contributed by atoms with Crippen molar-refractivity contribution in [2.24, 2.45) is 0 Å². The van der Waals surface area contributed by atoms with Gasteiger partial charge in [0.25, 0.3) is 5.89 Å². The minimum atomic E-state index is -0.539. The van der Waals surface area contributed by atoms with Crippen molar-refractivity contribution in [3.8, 4) is 10.8 Å². The van der Waals surface area contributed by atoms with Crippen LogP contribution in [0.4, 0.5) is 0 Å². The molecular weight excluding hydrogens is 338 g/mol. The third-order valence-electron chi connectivity index (χ3n) is 4.36. The molecule has 1 aliphatic carbocycles. The first-order valence-corrected chi connectivity index (χ1v) is 9.07. The molecule has 4 rings (SSSR count). The summed E-state index contributed by atoms with van der Waals surface area (Å²) in [6.45, 7) is 0.202. The smallest absolute Gasteiger partial charge is 0.387 e. The molecule has 128 valence electrons. The van der Waals surface area contributed by atoms with Gasteiger partial charge in [0, 0.05) is 6.42 Å². The van der Waals surface area contributed by atoms with E-state index >= 15 is 0 Å². The monoisotopic (exact) mass is 355 g/mol. The van der Waals surface area contributed by atoms with E-state index in [0.29, 0.717) is 5.89 Å². The first-order chi connectivity index (χ1) is 12.2. The highest BCUT2D eigenvalue weighted by atomic mass is 32.1. The van der Waals surface area contributed by atoms with Crippen molar-refractivity contribution < 1.29 is 9.21 Å². The molecule has 25 heavy (non-hydrogen) atoms. The lowest BCUT2D eigenvalue weighted by atomic mass is 10.1. The number of rotatable bonds is 5. The van der Waals surface area contributed by atoms with Crippen molar-refractivity contribution in [3.05, 3.63) is 63.5 Å². The standard InChI is InChI=1S/C18H17N3O3S/c22-16(19-14-8-7-12-4-1-2-5-13(12)14)9-10-21-18(23)24-17(20-21)15-6-3-11-25-15/h1-6,11,14H,7-10H2,(H,19,22)/t14-/m1/s1. The number of fused-ring (bicyclic) bond motifs is 1. The van der Waals surface area contributed by atoms with Crippen molar-refractivity contribution in [1.82, 2.24) is 15.1 Å². The summed E-state index contributed by atoms with van der Waals surface area (Å²) in [6, 6.07) is 11.9. The first-order valence-electron chi connectivity index (χ1n) is 8.20. The van der Waals surface area contributed by atoms with Gasteiger partial charge in [0.2, 0.25) is 5.91 Å². The number of aryl methyl sites for hydroxylation is 2. The van der Waals surface area contributed by atoms with Gasteiger partial charge in [-0.15, -0.1) is 16.4 Å². The molecule has 3 aromatic rings. The quantitative estimate of drug-likeness (QED) is 0.763. The molecule has 0 unspecified atom stereocenters. The number of amides is 1. The zero-order chi connectivity index (χ0) is 17.2. The van der Waals surface area contributed by atoms with Gasteiger partial charge in [-0.05, 0) is 35.4 Å². The van der Waals surface area contributed by atoms with Gasteiger partial charge in [0.15, 0.2) is 0 Å². The second-order valence-electron chi connectivity index (χ2n) is 5.98. The Morgan fingerprint density at radius 2 is 2.20 bits per heavy atom. The lowest BCUT2D eigenvalue weighted by Gasteiger charge is -2.13. The Balaban J connectivity index is 1.38. The van der Waals surface area contributed by atoms with E-state index in [-0.39, 0.29) is 24.9 Å². The summed E-state index contributed by atoms with van der Waals surface area (Å²) in [5.74, 6) is -0.332. The number of thiophene rings is 1. The van der Waals surface area contributed by atoms with Crippen LogP contribution in [0.2, 0.25) is 0 Å². The molecule has 1 amide bonds. The molecule has 1 aliphatic rings. The van der Waals surface area contributed by atoms with E-state index in [1.165, 1.54) is 27.1 Å². The van der Waals surface area contributed by atoms with Crippen LogP contribution in [-0.4, -0.2) is 15.7 Å². The zero-order valence-electron chi connectivity index (χ0n) is 13.5. The Hall–Kier alpha value is -2.67. The molecule has 1 aromatic carbocycles. The van der Waals surface area contributed by atoms with Crippen molar-refractivity contribution in [1.29, 1.82) is 0 Å². The predicted octanol–water partition coefficient (Wildman–Crippen LogP) is 2.76. The molecule has 2 heterocycles. The predicted molar refractivity (Wildman–Crippen MR) is 94.3 cm³/mol. The highest BCUT2D eigenvalue weighted by Gasteiger charge is 2.23. The Labute approximate surface area is 148 Å². The average molecular weight is 355 g/mol. The molecule has 0 radical (unpaired) electrons. The summed E-state index contributed by atoms with van der Waals surface area (Å²) in [5, 5.41) is 9.10. The van der Waals surface area contributed by atoms with E-state index in [2.05, 4.69) is 22.5 Å². The van der Waals surface area contributed by atoms with Crippen LogP contribution in [0, 0.1) is 0 Å². The summed E-state index contributed by atoms with van der Waals surface area (Å²) in [7, 11) is 0. The summed E-state index contributed by atoms with van der Waals surface area (Å²) >= 11 is 1.45. The van der Waals surface area contributed by atoms with Gasteiger partial charge in [-0.25, -0.2) is 4.79 Å². The maximum Gasteiger partial charge on any atom is 0.437 e. The molecule has 6 nitrogen and oxygen atoms in total. The van der Waals surface area contributed by atoms with Gasteiger partial charge in [0.05, 0.1) is 17.5 Å². The van der Waals surface area contributed by atoms with E-state index in [1.807, 2.05) is 29.6 Å². The van der Waals surface area contributed by atoms with Crippen LogP contribution in [0.5, 0.6) is 0 Å². The Bertz CT molecular complexity index is 943. The molecule has 1 atom stereocenters. The number of benzene rings is 1. The number of hydrogen-bond acceptors (Lipinski definition) is 5. The van der Waals surface area contributed by atoms with Crippen molar-refractivity contribution in [2.45, 2.75) is 31.8 Å². The van der Waals surface area contributed by atoms with Crippen LogP contribution >= 0.6 is 11.3 Å². The highest BCUT2D eigenvalue weighted by molar-refractivity contribution is 7.13. The fourth-order valence-corrected chi connectivity index (χ4v) is 3.77. The summed E-state index contributed by atoms with van der Waals surface area (Å²) in [5.41, 5.74) is 2.48. The lowest BCUT2D eigenvalue weighted by molar-refractivity contribution is -0.122. The topological polar surface area (TPSA) is 77.1 Å². The minimum Gasteiger partial charge on any atom is -0.387 e. The normalized spacial score (nSPS) is 15.9. The number of aromatic nitrogens is 2. The summed E-state index contributed by atoms with van der Waals surface area (Å²) < 4.78 is 6.35. The van der Waals surface area contributed by atoms with Crippen LogP contribution < -0.4 is 11.1 Å². The van der Waals surface area contributed by atoms with E-state index in [1.54, 1.807) is 0 Å². The Kier molecular flexibility index (Phi) is 4.23. The molecule has 1 N–H and O–H groups in total. The van der Waals surface area contributed by atoms with Gasteiger partial charge in [-0.2, -0.15) is 4.68 Å². The number of nitrogens with one attached hydrogen (secondary N) is 1. The van der Waals surface area contributed by atoms with E-state index in [0.717, 1.165) is 17.7 Å². The second-order valence-corrected chi connectivity index (χ2v) is 6.93. The van der Waals surface area contributed by atoms with Gasteiger partial charge < -0.3 is 9.73 Å². The van der Waals surface area contributed by atoms with Gasteiger partial charge in [-0.3, -0.25) is 4.79 Å². The number of carbonyl (C=O) groups is 1. The van der Waals surface area contributed by atoms with Crippen LogP contribution in [-0.2, 0) is 17.8 Å². The van der Waals surface area contributed by atoms with E-state index in [9.17, 15) is 9.59 Å². The van der Waals surface area contributed by atoms with Gasteiger partial charge in [0.1, 0.15) is 0 Å². The Morgan fingerprint density at radius 3 is 3.04 bits per heavy atom. The largest absolute Gasteiger partial charge is 0.437 e. The third kappa shape index (κ3) is 3.28. The third-order valence-corrected chi connectivity index (χ3v) is 5.21. The van der Waals surface area contributed by atoms with Crippen molar-refractivity contribution >= 4 is 17.2 Å². The molecule has 0 saturated carbocycles. The number of hydrogen-bond donors (Lipinski definition) is 1. The molecule has 0 spiro atoms. The molecule has 0 fully saturated rings. The Morgan fingerprint density at radius 1 is 1.32 bits per heavy atom. The van der Waals surface area contributed by atoms with E-state index < -0.39 is 5.76 Å². The van der Waals surface area contributed by atoms with Crippen LogP contribution in [0.15, 0.2) is 51.0 Å². The second kappa shape index (κ2) is 6.68. The maximum atomic E-state index is 12.2. The van der Waals surface area contributed by atoms with Gasteiger partial charge in [-0.1, -0.05) is 30.3 Å². The maximum absolute atomic E-state index is 12.2. The number of carbonyl (C=O) groups excluding carboxylic acids is 1.